The molecular formula is C21H21N3O2. The maximum absolute atomic E-state index is 13.0. The molecule has 2 aromatic rings. The molecule has 0 aliphatic rings. The van der Waals surface area contributed by atoms with Crippen LogP contribution in [-0.4, -0.2) is 23.3 Å². The van der Waals surface area contributed by atoms with Gasteiger partial charge in [0.25, 0.3) is 5.91 Å². The van der Waals surface area contributed by atoms with Crippen molar-refractivity contribution in [1.29, 1.82) is 5.26 Å². The summed E-state index contributed by atoms with van der Waals surface area (Å²) in [6, 6.07) is 20.9. The fourth-order valence-electron chi connectivity index (χ4n) is 2.47. The van der Waals surface area contributed by atoms with Gasteiger partial charge >= 0.3 is 0 Å². The second-order valence-electron chi connectivity index (χ2n) is 5.77. The first-order valence-electron chi connectivity index (χ1n) is 8.34. The van der Waals surface area contributed by atoms with Crippen LogP contribution in [0.4, 0.5) is 0 Å². The molecule has 0 saturated carbocycles. The zero-order valence-electron chi connectivity index (χ0n) is 14.7. The topological polar surface area (TPSA) is 73.2 Å². The van der Waals surface area contributed by atoms with Crippen molar-refractivity contribution in [2.75, 3.05) is 6.54 Å². The van der Waals surface area contributed by atoms with E-state index in [-0.39, 0.29) is 30.5 Å². The Morgan fingerprint density at radius 3 is 2.27 bits per heavy atom. The van der Waals surface area contributed by atoms with Crippen molar-refractivity contribution in [2.45, 2.75) is 19.9 Å². The summed E-state index contributed by atoms with van der Waals surface area (Å²) in [5.74, 6) is -0.636. The summed E-state index contributed by atoms with van der Waals surface area (Å²) < 4.78 is 0. The Kier molecular flexibility index (Phi) is 7.14. The molecule has 5 heteroatoms. The first kappa shape index (κ1) is 18.9. The van der Waals surface area contributed by atoms with Gasteiger partial charge in [-0.2, -0.15) is 5.26 Å². The number of nitrogens with one attached hydrogen (secondary N) is 1. The van der Waals surface area contributed by atoms with E-state index in [1.54, 1.807) is 11.0 Å². The van der Waals surface area contributed by atoms with E-state index in [9.17, 15) is 9.59 Å². The monoisotopic (exact) mass is 347 g/mol. The molecular weight excluding hydrogens is 326 g/mol. The minimum absolute atomic E-state index is 0.192. The molecule has 0 unspecified atom stereocenters. The Hall–Kier alpha value is -3.39. The standard InChI is InChI=1S/C21H21N3O2/c1-17(25)23-20(15-18-9-4-2-5-10-18)21(26)24(14-8-13-22)16-19-11-6-3-7-12-19/h2-7,9-12,15H,8,14,16H2,1H3,(H,23,25)/b20-15+. The number of carbonyl (C=O) groups excluding carboxylic acids is 2. The molecule has 1 N–H and O–H groups in total. The SMILES string of the molecule is CC(=O)N/C(=C/c1ccccc1)C(=O)N(CCC#N)Cc1ccccc1. The summed E-state index contributed by atoms with van der Waals surface area (Å²) in [5, 5.41) is 11.5. The van der Waals surface area contributed by atoms with Crippen LogP contribution >= 0.6 is 0 Å². The van der Waals surface area contributed by atoms with Crippen LogP contribution in [0, 0.1) is 11.3 Å². The zero-order chi connectivity index (χ0) is 18.8. The van der Waals surface area contributed by atoms with Crippen molar-refractivity contribution >= 4 is 17.9 Å². The van der Waals surface area contributed by atoms with Gasteiger partial charge in [-0.1, -0.05) is 60.7 Å². The number of amides is 2. The normalized spacial score (nSPS) is 10.7. The molecule has 0 aliphatic carbocycles. The average molecular weight is 347 g/mol. The maximum Gasteiger partial charge on any atom is 0.270 e. The molecule has 0 radical (unpaired) electrons. The summed E-state index contributed by atoms with van der Waals surface area (Å²) in [4.78, 5) is 26.2. The van der Waals surface area contributed by atoms with Gasteiger partial charge in [-0.25, -0.2) is 0 Å². The fraction of sp³-hybridized carbons (Fsp3) is 0.190. The van der Waals surface area contributed by atoms with E-state index in [0.29, 0.717) is 6.54 Å². The first-order valence-corrected chi connectivity index (χ1v) is 8.34. The van der Waals surface area contributed by atoms with E-state index >= 15 is 0 Å². The Morgan fingerprint density at radius 2 is 1.69 bits per heavy atom. The molecule has 0 heterocycles. The van der Waals surface area contributed by atoms with Crippen LogP contribution in [0.2, 0.25) is 0 Å². The van der Waals surface area contributed by atoms with Crippen molar-refractivity contribution < 1.29 is 9.59 Å². The summed E-state index contributed by atoms with van der Waals surface area (Å²) in [6.07, 6.45) is 1.87. The van der Waals surface area contributed by atoms with Crippen molar-refractivity contribution in [1.82, 2.24) is 10.2 Å². The number of rotatable bonds is 7. The fourth-order valence-corrected chi connectivity index (χ4v) is 2.47. The summed E-state index contributed by atoms with van der Waals surface area (Å²) >= 11 is 0. The summed E-state index contributed by atoms with van der Waals surface area (Å²) in [5.41, 5.74) is 1.96. The number of benzene rings is 2. The number of carbonyl (C=O) groups is 2. The molecule has 0 aliphatic heterocycles. The molecule has 2 rings (SSSR count). The highest BCUT2D eigenvalue weighted by Gasteiger charge is 2.19. The second-order valence-corrected chi connectivity index (χ2v) is 5.77. The Bertz CT molecular complexity index is 808. The highest BCUT2D eigenvalue weighted by Crippen LogP contribution is 2.12. The highest BCUT2D eigenvalue weighted by atomic mass is 16.2. The predicted octanol–water partition coefficient (Wildman–Crippen LogP) is 3.11. The molecule has 0 atom stereocenters. The third-order valence-electron chi connectivity index (χ3n) is 3.65. The molecule has 5 nitrogen and oxygen atoms in total. The van der Waals surface area contributed by atoms with Gasteiger partial charge in [-0.3, -0.25) is 9.59 Å². The molecule has 0 fully saturated rings. The van der Waals surface area contributed by atoms with Gasteiger partial charge < -0.3 is 10.2 Å². The lowest BCUT2D eigenvalue weighted by Gasteiger charge is -2.23. The van der Waals surface area contributed by atoms with Gasteiger partial charge in [0.1, 0.15) is 5.70 Å². The largest absolute Gasteiger partial charge is 0.332 e. The van der Waals surface area contributed by atoms with Crippen LogP contribution in [0.25, 0.3) is 6.08 Å². The minimum atomic E-state index is -0.319. The van der Waals surface area contributed by atoms with Gasteiger partial charge in [0, 0.05) is 20.0 Å². The lowest BCUT2D eigenvalue weighted by molar-refractivity contribution is -0.129. The molecule has 0 saturated heterocycles. The van der Waals surface area contributed by atoms with Crippen molar-refractivity contribution in [3.05, 3.63) is 77.5 Å². The third kappa shape index (κ3) is 5.91. The molecule has 0 bridgehead atoms. The van der Waals surface area contributed by atoms with Gasteiger partial charge in [0.15, 0.2) is 0 Å². The Labute approximate surface area is 153 Å². The first-order chi connectivity index (χ1) is 12.6. The van der Waals surface area contributed by atoms with Crippen molar-refractivity contribution in [3.63, 3.8) is 0 Å². The van der Waals surface area contributed by atoms with E-state index < -0.39 is 0 Å². The van der Waals surface area contributed by atoms with E-state index in [1.807, 2.05) is 60.7 Å². The van der Waals surface area contributed by atoms with E-state index in [0.717, 1.165) is 11.1 Å². The van der Waals surface area contributed by atoms with Crippen LogP contribution in [-0.2, 0) is 16.1 Å². The van der Waals surface area contributed by atoms with Crippen LogP contribution in [0.3, 0.4) is 0 Å². The van der Waals surface area contributed by atoms with Crippen LogP contribution in [0.5, 0.6) is 0 Å². The Morgan fingerprint density at radius 1 is 1.08 bits per heavy atom. The quantitative estimate of drug-likeness (QED) is 0.782. The van der Waals surface area contributed by atoms with E-state index in [4.69, 9.17) is 5.26 Å². The summed E-state index contributed by atoms with van der Waals surface area (Å²) in [6.45, 7) is 2.02. The lowest BCUT2D eigenvalue weighted by Crippen LogP contribution is -2.38. The van der Waals surface area contributed by atoms with E-state index in [1.165, 1.54) is 6.92 Å². The number of hydrogen-bond acceptors (Lipinski definition) is 3. The van der Waals surface area contributed by atoms with Gasteiger partial charge in [0.05, 0.1) is 12.5 Å². The Balaban J connectivity index is 2.30. The molecule has 2 aromatic carbocycles. The predicted molar refractivity (Wildman–Crippen MR) is 100 cm³/mol. The van der Waals surface area contributed by atoms with Crippen LogP contribution < -0.4 is 5.32 Å². The highest BCUT2D eigenvalue weighted by molar-refractivity contribution is 6.00. The van der Waals surface area contributed by atoms with Crippen molar-refractivity contribution in [2.24, 2.45) is 0 Å². The van der Waals surface area contributed by atoms with Crippen LogP contribution in [0.1, 0.15) is 24.5 Å². The lowest BCUT2D eigenvalue weighted by atomic mass is 10.1. The van der Waals surface area contributed by atoms with Gasteiger partial charge in [-0.15, -0.1) is 0 Å². The second kappa shape index (κ2) is 9.80. The minimum Gasteiger partial charge on any atom is -0.332 e. The number of hydrogen-bond donors (Lipinski definition) is 1. The summed E-state index contributed by atoms with van der Waals surface area (Å²) in [7, 11) is 0. The molecule has 0 spiro atoms. The molecule has 0 aromatic heterocycles. The average Bonchev–Trinajstić information content (AvgIpc) is 2.65. The van der Waals surface area contributed by atoms with Gasteiger partial charge in [-0.05, 0) is 17.2 Å². The maximum atomic E-state index is 13.0. The molecule has 26 heavy (non-hydrogen) atoms. The van der Waals surface area contributed by atoms with Crippen LogP contribution in [0.15, 0.2) is 66.4 Å². The van der Waals surface area contributed by atoms with Gasteiger partial charge in [0.2, 0.25) is 5.91 Å². The smallest absolute Gasteiger partial charge is 0.270 e. The molecule has 2 amide bonds. The number of nitrogens with zero attached hydrogens (tertiary/aromatic N) is 2. The molecule has 132 valence electrons. The third-order valence-corrected chi connectivity index (χ3v) is 3.65. The van der Waals surface area contributed by atoms with Crippen molar-refractivity contribution in [3.8, 4) is 6.07 Å². The van der Waals surface area contributed by atoms with E-state index in [2.05, 4.69) is 11.4 Å². The zero-order valence-corrected chi connectivity index (χ0v) is 14.7. The number of nitriles is 1.